The molecule has 3 aromatic heterocycles. The molecule has 42 heavy (non-hydrogen) atoms. The molecule has 0 atom stereocenters. The number of carboxylic acids is 2. The molecule has 2 aliphatic heterocycles. The predicted octanol–water partition coefficient (Wildman–Crippen LogP) is 7.59. The van der Waals surface area contributed by atoms with E-state index in [0.29, 0.717) is 18.5 Å². The van der Waals surface area contributed by atoms with Crippen molar-refractivity contribution in [2.45, 2.75) is 53.4 Å². The smallest absolute Gasteiger partial charge is 0.303 e. The molecule has 4 N–H and O–H groups in total. The summed E-state index contributed by atoms with van der Waals surface area (Å²) < 4.78 is 0. The number of carboxylic acid groups (broad SMARTS) is 2. The Kier molecular flexibility index (Phi) is 7.56. The zero-order valence-electron chi connectivity index (χ0n) is 24.3. The minimum atomic E-state index is -0.887. The Morgan fingerprint density at radius 3 is 2.17 bits per heavy atom. The van der Waals surface area contributed by atoms with Gasteiger partial charge in [-0.15, -0.1) is 0 Å². The molecule has 0 radical (unpaired) electrons. The van der Waals surface area contributed by atoms with E-state index in [1.165, 1.54) is 0 Å². The Bertz CT molecular complexity index is 1920. The number of hydrogen-bond donors (Lipinski definition) is 4. The summed E-state index contributed by atoms with van der Waals surface area (Å²) in [6.45, 7) is 16.1. The lowest BCUT2D eigenvalue weighted by molar-refractivity contribution is -0.137. The third kappa shape index (κ3) is 5.11. The normalized spacial score (nSPS) is 12.8. The summed E-state index contributed by atoms with van der Waals surface area (Å²) >= 11 is 0. The van der Waals surface area contributed by atoms with Crippen LogP contribution in [0.3, 0.4) is 0 Å². The molecular weight excluding hydrogens is 528 g/mol. The molecular formula is C34H34N4O4. The average molecular weight is 563 g/mol. The van der Waals surface area contributed by atoms with Crippen molar-refractivity contribution in [3.63, 3.8) is 0 Å². The van der Waals surface area contributed by atoms with E-state index in [1.54, 1.807) is 12.2 Å². The molecule has 0 unspecified atom stereocenters. The lowest BCUT2D eigenvalue weighted by atomic mass is 10.00. The highest BCUT2D eigenvalue weighted by molar-refractivity contribution is 5.96. The fraction of sp³-hybridized carbons (Fsp3) is 0.235. The molecule has 5 heterocycles. The van der Waals surface area contributed by atoms with Gasteiger partial charge in [0.2, 0.25) is 0 Å². The number of aryl methyl sites for hydroxylation is 3. The van der Waals surface area contributed by atoms with Crippen molar-refractivity contribution in [3.8, 4) is 0 Å². The van der Waals surface area contributed by atoms with Gasteiger partial charge >= 0.3 is 11.9 Å². The maximum absolute atomic E-state index is 11.6. The third-order valence-electron chi connectivity index (χ3n) is 8.05. The van der Waals surface area contributed by atoms with Gasteiger partial charge in [0.25, 0.3) is 0 Å². The zero-order valence-corrected chi connectivity index (χ0v) is 24.3. The number of aromatic nitrogens is 4. The summed E-state index contributed by atoms with van der Waals surface area (Å²) in [7, 11) is 0. The molecule has 0 aromatic carbocycles. The number of aliphatic carboxylic acids is 2. The van der Waals surface area contributed by atoms with E-state index < -0.39 is 11.9 Å². The maximum Gasteiger partial charge on any atom is 0.303 e. The van der Waals surface area contributed by atoms with Crippen molar-refractivity contribution >= 4 is 69.0 Å². The second-order valence-electron chi connectivity index (χ2n) is 10.8. The average Bonchev–Trinajstić information content (AvgIpc) is 3.64. The monoisotopic (exact) mass is 562 g/mol. The van der Waals surface area contributed by atoms with Crippen molar-refractivity contribution in [1.29, 1.82) is 0 Å². The fourth-order valence-corrected chi connectivity index (χ4v) is 5.77. The molecule has 8 heteroatoms. The van der Waals surface area contributed by atoms with Gasteiger partial charge < -0.3 is 20.2 Å². The van der Waals surface area contributed by atoms with Gasteiger partial charge in [-0.05, 0) is 98.2 Å². The van der Waals surface area contributed by atoms with Gasteiger partial charge in [-0.25, -0.2) is 9.97 Å². The number of carbonyl (C=O) groups is 2. The molecule has 0 amide bonds. The van der Waals surface area contributed by atoms with E-state index in [1.807, 2.05) is 45.9 Å². The summed E-state index contributed by atoms with van der Waals surface area (Å²) in [5.41, 5.74) is 13.4. The first kappa shape index (κ1) is 28.5. The van der Waals surface area contributed by atoms with Crippen LogP contribution in [-0.4, -0.2) is 42.1 Å². The van der Waals surface area contributed by atoms with Crippen molar-refractivity contribution < 1.29 is 19.8 Å². The van der Waals surface area contributed by atoms with E-state index in [2.05, 4.69) is 29.2 Å². The molecule has 0 spiro atoms. The van der Waals surface area contributed by atoms with E-state index in [0.717, 1.165) is 83.7 Å². The predicted molar refractivity (Wildman–Crippen MR) is 170 cm³/mol. The van der Waals surface area contributed by atoms with Crippen molar-refractivity contribution in [1.82, 2.24) is 19.9 Å². The number of nitrogens with one attached hydrogen (secondary N) is 2. The summed E-state index contributed by atoms with van der Waals surface area (Å²) in [5, 5.41) is 18.9. The van der Waals surface area contributed by atoms with Crippen LogP contribution in [0.4, 0.5) is 0 Å². The number of nitrogens with zero attached hydrogens (tertiary/aromatic N) is 2. The van der Waals surface area contributed by atoms with Crippen LogP contribution in [0.5, 0.6) is 0 Å². The zero-order chi connectivity index (χ0) is 30.3. The topological polar surface area (TPSA) is 132 Å². The van der Waals surface area contributed by atoms with Gasteiger partial charge in [0.15, 0.2) is 0 Å². The lowest BCUT2D eigenvalue weighted by Gasteiger charge is -2.03. The third-order valence-corrected chi connectivity index (χ3v) is 8.05. The van der Waals surface area contributed by atoms with E-state index in [9.17, 15) is 19.8 Å². The minimum absolute atomic E-state index is 0.0322. The largest absolute Gasteiger partial charge is 0.481 e. The lowest BCUT2D eigenvalue weighted by Crippen LogP contribution is -1.98. The Morgan fingerprint density at radius 1 is 0.833 bits per heavy atom. The van der Waals surface area contributed by atoms with Crippen molar-refractivity contribution in [3.05, 3.63) is 81.9 Å². The number of H-pyrrole nitrogens is 2. The highest BCUT2D eigenvalue weighted by atomic mass is 16.4. The highest BCUT2D eigenvalue weighted by Gasteiger charge is 2.21. The molecule has 0 aliphatic carbocycles. The highest BCUT2D eigenvalue weighted by Crippen LogP contribution is 2.36. The summed E-state index contributed by atoms with van der Waals surface area (Å²) in [6, 6.07) is 5.96. The van der Waals surface area contributed by atoms with Gasteiger partial charge in [0.1, 0.15) is 0 Å². The van der Waals surface area contributed by atoms with Crippen LogP contribution in [0.2, 0.25) is 0 Å². The molecule has 2 aliphatic rings. The van der Waals surface area contributed by atoms with Crippen LogP contribution in [0.25, 0.3) is 57.0 Å². The quantitative estimate of drug-likeness (QED) is 0.224. The molecule has 0 fully saturated rings. The van der Waals surface area contributed by atoms with Crippen LogP contribution in [-0.2, 0) is 16.0 Å². The van der Waals surface area contributed by atoms with E-state index in [4.69, 9.17) is 9.97 Å². The van der Waals surface area contributed by atoms with Gasteiger partial charge in [0.05, 0.1) is 28.3 Å². The summed E-state index contributed by atoms with van der Waals surface area (Å²) in [6.07, 6.45) is 6.15. The molecule has 5 rings (SSSR count). The fourth-order valence-electron chi connectivity index (χ4n) is 5.77. The summed E-state index contributed by atoms with van der Waals surface area (Å²) in [5.74, 6) is -1.77. The number of hydrogen-bond acceptors (Lipinski definition) is 4. The summed E-state index contributed by atoms with van der Waals surface area (Å²) in [4.78, 5) is 40.1. The Hall–Kier alpha value is -4.98. The minimum Gasteiger partial charge on any atom is -0.481 e. The van der Waals surface area contributed by atoms with Gasteiger partial charge in [-0.2, -0.15) is 0 Å². The molecule has 8 bridgehead atoms. The SMILES string of the molecule is C=Cc1c2nc(c(C=C)c3[nH]c(cc4nc(cc5[nH]c1cc5C)C(C)=C4CCC(=O)O)c(CCC(=O)O)c3C)C=C2C. The van der Waals surface area contributed by atoms with E-state index >= 15 is 0 Å². The van der Waals surface area contributed by atoms with Crippen molar-refractivity contribution in [2.75, 3.05) is 0 Å². The molecule has 0 saturated carbocycles. The van der Waals surface area contributed by atoms with Crippen LogP contribution in [0.1, 0.15) is 83.7 Å². The molecule has 214 valence electrons. The number of fused-ring (bicyclic) bond motifs is 8. The molecule has 8 nitrogen and oxygen atoms in total. The molecule has 0 saturated heterocycles. The second kappa shape index (κ2) is 11.1. The standard InChI is InChI=1S/C34H34N4O4/c1-7-21-27-13-17(3)25(35-27)15-26-19(5)23(9-11-31(39)40)29(36-26)16-30-24(10-12-32(41)42)20(6)34(38-30)22(8-2)28-14-18(4)33(21)37-28/h7-8,13-16,35,38H,1-2,9-12H2,3-6H3,(H,39,40)(H,41,42). The second-order valence-corrected chi connectivity index (χ2v) is 10.8. The first-order valence-electron chi connectivity index (χ1n) is 13.9. The number of rotatable bonds is 8. The maximum atomic E-state index is 11.6. The molecule has 3 aromatic rings. The Balaban J connectivity index is 1.98. The van der Waals surface area contributed by atoms with E-state index in [-0.39, 0.29) is 12.8 Å². The Labute approximate surface area is 243 Å². The van der Waals surface area contributed by atoms with Crippen LogP contribution >= 0.6 is 0 Å². The van der Waals surface area contributed by atoms with Crippen molar-refractivity contribution in [2.24, 2.45) is 0 Å². The van der Waals surface area contributed by atoms with Gasteiger partial charge in [-0.3, -0.25) is 9.59 Å². The number of aromatic amines is 2. The van der Waals surface area contributed by atoms with Gasteiger partial charge in [-0.1, -0.05) is 25.3 Å². The van der Waals surface area contributed by atoms with Crippen LogP contribution in [0.15, 0.2) is 31.4 Å². The van der Waals surface area contributed by atoms with Crippen LogP contribution in [0, 0.1) is 13.8 Å². The Morgan fingerprint density at radius 2 is 1.50 bits per heavy atom. The first-order valence-corrected chi connectivity index (χ1v) is 13.9. The van der Waals surface area contributed by atoms with Gasteiger partial charge in [0, 0.05) is 40.5 Å². The number of allylic oxidation sites excluding steroid dienone is 3. The first-order chi connectivity index (χ1) is 20.0. The van der Waals surface area contributed by atoms with Crippen LogP contribution < -0.4 is 0 Å².